The maximum absolute atomic E-state index is 12.2. The summed E-state index contributed by atoms with van der Waals surface area (Å²) in [5.74, 6) is 0.734. The molecule has 4 nitrogen and oxygen atoms in total. The number of benzene rings is 1. The van der Waals surface area contributed by atoms with Gasteiger partial charge in [-0.2, -0.15) is 0 Å². The van der Waals surface area contributed by atoms with Gasteiger partial charge < -0.3 is 9.47 Å². The second-order valence-electron chi connectivity index (χ2n) is 5.47. The molecular formula is C17H22O4. The standard InChI is InChI=1S/C17H22O4/c1-3-5-12(6-4-2)9-14(18)17(19)13-7-8-15-16(10-13)21-11-20-15/h7-8,10,12H,3-6,9,11H2,1-2H3. The maximum atomic E-state index is 12.2. The lowest BCUT2D eigenvalue weighted by atomic mass is 9.90. The molecule has 0 spiro atoms. The predicted molar refractivity (Wildman–Crippen MR) is 79.8 cm³/mol. The lowest BCUT2D eigenvalue weighted by molar-refractivity contribution is -0.116. The monoisotopic (exact) mass is 290 g/mol. The number of ether oxygens (including phenoxy) is 2. The lowest BCUT2D eigenvalue weighted by Crippen LogP contribution is -2.18. The zero-order chi connectivity index (χ0) is 15.2. The summed E-state index contributed by atoms with van der Waals surface area (Å²) >= 11 is 0. The third-order valence-corrected chi connectivity index (χ3v) is 3.76. The van der Waals surface area contributed by atoms with Crippen LogP contribution in [0.15, 0.2) is 18.2 Å². The van der Waals surface area contributed by atoms with E-state index >= 15 is 0 Å². The minimum Gasteiger partial charge on any atom is -0.454 e. The minimum absolute atomic E-state index is 0.163. The van der Waals surface area contributed by atoms with Crippen LogP contribution in [0.25, 0.3) is 0 Å². The molecule has 0 saturated heterocycles. The number of carbonyl (C=O) groups excluding carboxylic acids is 2. The molecule has 1 heterocycles. The highest BCUT2D eigenvalue weighted by Crippen LogP contribution is 2.32. The van der Waals surface area contributed by atoms with E-state index in [-0.39, 0.29) is 12.6 Å². The summed E-state index contributed by atoms with van der Waals surface area (Å²) < 4.78 is 10.4. The summed E-state index contributed by atoms with van der Waals surface area (Å²) in [7, 11) is 0. The summed E-state index contributed by atoms with van der Waals surface area (Å²) in [5.41, 5.74) is 0.385. The fraction of sp³-hybridized carbons (Fsp3) is 0.529. The smallest absolute Gasteiger partial charge is 0.231 e. The molecule has 1 aliphatic rings. The Labute approximate surface area is 125 Å². The van der Waals surface area contributed by atoms with Crippen LogP contribution in [-0.4, -0.2) is 18.4 Å². The Hall–Kier alpha value is -1.84. The van der Waals surface area contributed by atoms with Gasteiger partial charge in [0.05, 0.1) is 0 Å². The normalized spacial score (nSPS) is 12.7. The van der Waals surface area contributed by atoms with Gasteiger partial charge in [0.1, 0.15) is 0 Å². The van der Waals surface area contributed by atoms with E-state index in [0.717, 1.165) is 25.7 Å². The van der Waals surface area contributed by atoms with Gasteiger partial charge in [0, 0.05) is 12.0 Å². The minimum atomic E-state index is -0.425. The molecule has 0 radical (unpaired) electrons. The Morgan fingerprint density at radius 1 is 1.10 bits per heavy atom. The SMILES string of the molecule is CCCC(CCC)CC(=O)C(=O)c1ccc2c(c1)OCO2. The summed E-state index contributed by atoms with van der Waals surface area (Å²) in [6.07, 6.45) is 4.41. The number of ketones is 2. The van der Waals surface area contributed by atoms with Crippen molar-refractivity contribution >= 4 is 11.6 Å². The zero-order valence-electron chi connectivity index (χ0n) is 12.7. The highest BCUT2D eigenvalue weighted by Gasteiger charge is 2.23. The molecule has 0 fully saturated rings. The molecule has 21 heavy (non-hydrogen) atoms. The number of hydrogen-bond acceptors (Lipinski definition) is 4. The molecule has 114 valence electrons. The van der Waals surface area contributed by atoms with Crippen LogP contribution in [0.2, 0.25) is 0 Å². The van der Waals surface area contributed by atoms with Gasteiger partial charge in [0.15, 0.2) is 11.5 Å². The first-order valence-electron chi connectivity index (χ1n) is 7.62. The molecule has 1 aliphatic heterocycles. The van der Waals surface area contributed by atoms with Crippen molar-refractivity contribution in [3.05, 3.63) is 23.8 Å². The lowest BCUT2D eigenvalue weighted by Gasteiger charge is -2.13. The first kappa shape index (κ1) is 15.5. The third kappa shape index (κ3) is 3.84. The van der Waals surface area contributed by atoms with Crippen molar-refractivity contribution in [1.82, 2.24) is 0 Å². The van der Waals surface area contributed by atoms with E-state index in [1.165, 1.54) is 0 Å². The van der Waals surface area contributed by atoms with Crippen molar-refractivity contribution in [3.8, 4) is 11.5 Å². The fourth-order valence-corrected chi connectivity index (χ4v) is 2.72. The van der Waals surface area contributed by atoms with Gasteiger partial charge in [-0.15, -0.1) is 0 Å². The van der Waals surface area contributed by atoms with Crippen molar-refractivity contribution in [2.75, 3.05) is 6.79 Å². The average molecular weight is 290 g/mol. The van der Waals surface area contributed by atoms with Crippen molar-refractivity contribution in [1.29, 1.82) is 0 Å². The van der Waals surface area contributed by atoms with E-state index < -0.39 is 5.78 Å². The van der Waals surface area contributed by atoms with Gasteiger partial charge in [-0.1, -0.05) is 39.5 Å². The second-order valence-corrected chi connectivity index (χ2v) is 5.47. The zero-order valence-corrected chi connectivity index (χ0v) is 12.7. The predicted octanol–water partition coefficient (Wildman–Crippen LogP) is 3.77. The van der Waals surface area contributed by atoms with Gasteiger partial charge in [-0.05, 0) is 24.1 Å². The number of hydrogen-bond donors (Lipinski definition) is 0. The second kappa shape index (κ2) is 7.25. The van der Waals surface area contributed by atoms with Gasteiger partial charge in [-0.25, -0.2) is 0 Å². The topological polar surface area (TPSA) is 52.6 Å². The van der Waals surface area contributed by atoms with E-state index in [4.69, 9.17) is 9.47 Å². The molecular weight excluding hydrogens is 268 g/mol. The highest BCUT2D eigenvalue weighted by molar-refractivity contribution is 6.43. The van der Waals surface area contributed by atoms with Crippen LogP contribution in [-0.2, 0) is 4.79 Å². The van der Waals surface area contributed by atoms with Gasteiger partial charge >= 0.3 is 0 Å². The van der Waals surface area contributed by atoms with Crippen LogP contribution in [0.1, 0.15) is 56.3 Å². The Bertz CT molecular complexity index is 516. The molecule has 1 aromatic carbocycles. The molecule has 0 unspecified atom stereocenters. The quantitative estimate of drug-likeness (QED) is 0.540. The van der Waals surface area contributed by atoms with Crippen LogP contribution < -0.4 is 9.47 Å². The van der Waals surface area contributed by atoms with E-state index in [1.54, 1.807) is 18.2 Å². The molecule has 0 aromatic heterocycles. The molecule has 0 atom stereocenters. The highest BCUT2D eigenvalue weighted by atomic mass is 16.7. The van der Waals surface area contributed by atoms with Crippen LogP contribution in [0.5, 0.6) is 11.5 Å². The number of fused-ring (bicyclic) bond motifs is 1. The maximum Gasteiger partial charge on any atom is 0.231 e. The van der Waals surface area contributed by atoms with Gasteiger partial charge in [0.25, 0.3) is 0 Å². The Morgan fingerprint density at radius 2 is 1.76 bits per heavy atom. The summed E-state index contributed by atoms with van der Waals surface area (Å²) in [6.45, 7) is 4.37. The van der Waals surface area contributed by atoms with E-state index in [2.05, 4.69) is 13.8 Å². The van der Waals surface area contributed by atoms with Crippen LogP contribution in [0, 0.1) is 5.92 Å². The number of Topliss-reactive ketones (excluding diaryl/α,β-unsaturated/α-hetero) is 2. The van der Waals surface area contributed by atoms with Crippen molar-refractivity contribution < 1.29 is 19.1 Å². The molecule has 0 aliphatic carbocycles. The number of rotatable bonds is 8. The molecule has 2 rings (SSSR count). The fourth-order valence-electron chi connectivity index (χ4n) is 2.72. The molecule has 0 amide bonds. The van der Waals surface area contributed by atoms with Gasteiger partial charge in [-0.3, -0.25) is 9.59 Å². The van der Waals surface area contributed by atoms with Crippen LogP contribution >= 0.6 is 0 Å². The van der Waals surface area contributed by atoms with E-state index in [1.807, 2.05) is 0 Å². The first-order chi connectivity index (χ1) is 10.2. The first-order valence-corrected chi connectivity index (χ1v) is 7.62. The van der Waals surface area contributed by atoms with Crippen molar-refractivity contribution in [2.45, 2.75) is 46.0 Å². The van der Waals surface area contributed by atoms with Gasteiger partial charge in [0.2, 0.25) is 18.4 Å². The Morgan fingerprint density at radius 3 is 2.43 bits per heavy atom. The molecule has 0 saturated carbocycles. The van der Waals surface area contributed by atoms with E-state index in [9.17, 15) is 9.59 Å². The summed E-state index contributed by atoms with van der Waals surface area (Å²) in [5, 5.41) is 0. The van der Waals surface area contributed by atoms with Crippen molar-refractivity contribution in [3.63, 3.8) is 0 Å². The molecule has 0 bridgehead atoms. The Kier molecular flexibility index (Phi) is 5.37. The third-order valence-electron chi connectivity index (χ3n) is 3.76. The largest absolute Gasteiger partial charge is 0.454 e. The Balaban J connectivity index is 2.03. The van der Waals surface area contributed by atoms with E-state index in [0.29, 0.717) is 29.4 Å². The summed E-state index contributed by atoms with van der Waals surface area (Å²) in [6, 6.07) is 4.90. The molecule has 0 N–H and O–H groups in total. The molecule has 4 heteroatoms. The number of carbonyl (C=O) groups is 2. The van der Waals surface area contributed by atoms with Crippen molar-refractivity contribution in [2.24, 2.45) is 5.92 Å². The molecule has 1 aromatic rings. The van der Waals surface area contributed by atoms with Crippen LogP contribution in [0.4, 0.5) is 0 Å². The van der Waals surface area contributed by atoms with Crippen LogP contribution in [0.3, 0.4) is 0 Å². The summed E-state index contributed by atoms with van der Waals surface area (Å²) in [4.78, 5) is 24.4. The average Bonchev–Trinajstić information content (AvgIpc) is 2.94.